The summed E-state index contributed by atoms with van der Waals surface area (Å²) in [6.45, 7) is 1.72. The number of halogens is 3. The van der Waals surface area contributed by atoms with Crippen molar-refractivity contribution < 1.29 is 40.0 Å². The number of rotatable bonds is 8. The molecule has 0 atom stereocenters. The summed E-state index contributed by atoms with van der Waals surface area (Å²) >= 11 is 0. The fourth-order valence-corrected chi connectivity index (χ4v) is 3.15. The predicted molar refractivity (Wildman–Crippen MR) is 109 cm³/mol. The minimum absolute atomic E-state index is 0.0271. The Morgan fingerprint density at radius 1 is 0.906 bits per heavy atom. The van der Waals surface area contributed by atoms with Crippen LogP contribution in [0.25, 0.3) is 0 Å². The first-order valence-corrected chi connectivity index (χ1v) is 10.5. The number of ether oxygens (including phenoxy) is 2. The SMILES string of the molecule is Cc1cc(Oc2cccc(OCc3ccccc3)c2)cc(OS(=O)(=O)C(F)(F)F)c1C=O. The van der Waals surface area contributed by atoms with Crippen LogP contribution in [0.15, 0.2) is 66.7 Å². The van der Waals surface area contributed by atoms with E-state index >= 15 is 0 Å². The van der Waals surface area contributed by atoms with Crippen LogP contribution in [0.5, 0.6) is 23.0 Å². The number of alkyl halides is 3. The molecular formula is C22H17F3O6S. The summed E-state index contributed by atoms with van der Waals surface area (Å²) < 4.78 is 76.4. The molecule has 3 aromatic carbocycles. The number of benzene rings is 3. The van der Waals surface area contributed by atoms with Crippen molar-refractivity contribution in [2.45, 2.75) is 19.0 Å². The van der Waals surface area contributed by atoms with Gasteiger partial charge in [-0.3, -0.25) is 4.79 Å². The van der Waals surface area contributed by atoms with Gasteiger partial charge in [0.1, 0.15) is 23.9 Å². The van der Waals surface area contributed by atoms with Crippen LogP contribution in [0, 0.1) is 6.92 Å². The molecule has 0 fully saturated rings. The summed E-state index contributed by atoms with van der Waals surface area (Å²) in [5.74, 6) is -0.0633. The van der Waals surface area contributed by atoms with Gasteiger partial charge < -0.3 is 13.7 Å². The number of hydrogen-bond acceptors (Lipinski definition) is 6. The molecule has 0 saturated heterocycles. The average Bonchev–Trinajstić information content (AvgIpc) is 2.72. The summed E-state index contributed by atoms with van der Waals surface area (Å²) in [7, 11) is -5.96. The fraction of sp³-hybridized carbons (Fsp3) is 0.136. The molecule has 0 amide bonds. The van der Waals surface area contributed by atoms with Gasteiger partial charge in [0, 0.05) is 12.1 Å². The number of carbonyl (C=O) groups is 1. The van der Waals surface area contributed by atoms with Crippen LogP contribution in [-0.4, -0.2) is 20.2 Å². The van der Waals surface area contributed by atoms with E-state index in [0.29, 0.717) is 12.4 Å². The molecule has 10 heteroatoms. The number of aryl methyl sites for hydroxylation is 1. The normalized spacial score (nSPS) is 11.6. The van der Waals surface area contributed by atoms with E-state index in [1.54, 1.807) is 24.3 Å². The zero-order valence-corrected chi connectivity index (χ0v) is 17.4. The molecule has 0 N–H and O–H groups in total. The maximum absolute atomic E-state index is 12.7. The van der Waals surface area contributed by atoms with E-state index in [4.69, 9.17) is 9.47 Å². The van der Waals surface area contributed by atoms with Gasteiger partial charge in [0.15, 0.2) is 12.0 Å². The van der Waals surface area contributed by atoms with Gasteiger partial charge in [0.05, 0.1) is 5.56 Å². The fourth-order valence-electron chi connectivity index (χ4n) is 2.68. The summed E-state index contributed by atoms with van der Waals surface area (Å²) in [5, 5.41) is 0. The van der Waals surface area contributed by atoms with Gasteiger partial charge in [-0.25, -0.2) is 0 Å². The molecule has 0 radical (unpaired) electrons. The lowest BCUT2D eigenvalue weighted by atomic mass is 10.1. The Kier molecular flexibility index (Phi) is 6.73. The van der Waals surface area contributed by atoms with Crippen LogP contribution < -0.4 is 13.7 Å². The number of aldehydes is 1. The van der Waals surface area contributed by atoms with Crippen molar-refractivity contribution in [3.8, 4) is 23.0 Å². The highest BCUT2D eigenvalue weighted by atomic mass is 32.2. The lowest BCUT2D eigenvalue weighted by Gasteiger charge is -2.15. The van der Waals surface area contributed by atoms with Gasteiger partial charge >= 0.3 is 15.6 Å². The van der Waals surface area contributed by atoms with Gasteiger partial charge in [0.25, 0.3) is 0 Å². The van der Waals surface area contributed by atoms with Crippen LogP contribution in [0.1, 0.15) is 21.5 Å². The first-order chi connectivity index (χ1) is 15.1. The van der Waals surface area contributed by atoms with Crippen molar-refractivity contribution in [3.63, 3.8) is 0 Å². The third kappa shape index (κ3) is 5.58. The van der Waals surface area contributed by atoms with Crippen molar-refractivity contribution in [1.29, 1.82) is 0 Å². The molecule has 3 rings (SSSR count). The molecule has 0 aliphatic carbocycles. The van der Waals surface area contributed by atoms with Gasteiger partial charge in [0.2, 0.25) is 0 Å². The first-order valence-electron chi connectivity index (χ1n) is 9.14. The molecule has 0 heterocycles. The van der Waals surface area contributed by atoms with Gasteiger partial charge in [-0.05, 0) is 36.2 Å². The third-order valence-electron chi connectivity index (χ3n) is 4.21. The van der Waals surface area contributed by atoms with Crippen molar-refractivity contribution in [2.75, 3.05) is 0 Å². The molecule has 0 aliphatic rings. The van der Waals surface area contributed by atoms with Crippen LogP contribution in [0.4, 0.5) is 13.2 Å². The minimum atomic E-state index is -5.96. The van der Waals surface area contributed by atoms with E-state index in [9.17, 15) is 26.4 Å². The highest BCUT2D eigenvalue weighted by Gasteiger charge is 2.49. The molecule has 168 valence electrons. The van der Waals surface area contributed by atoms with Gasteiger partial charge in [-0.2, -0.15) is 21.6 Å². The zero-order valence-electron chi connectivity index (χ0n) is 16.6. The van der Waals surface area contributed by atoms with Crippen molar-refractivity contribution in [1.82, 2.24) is 0 Å². The molecule has 32 heavy (non-hydrogen) atoms. The van der Waals surface area contributed by atoms with Crippen molar-refractivity contribution in [2.24, 2.45) is 0 Å². The lowest BCUT2D eigenvalue weighted by molar-refractivity contribution is -0.0500. The summed E-state index contributed by atoms with van der Waals surface area (Å²) in [4.78, 5) is 11.3. The molecular weight excluding hydrogens is 449 g/mol. The molecule has 3 aromatic rings. The maximum Gasteiger partial charge on any atom is 0.534 e. The van der Waals surface area contributed by atoms with Crippen molar-refractivity contribution in [3.05, 3.63) is 83.4 Å². The second-order valence-corrected chi connectivity index (χ2v) is 8.14. The standard InChI is InChI=1S/C22H17F3O6S/c1-15-10-19(12-21(20(15)13-26)31-32(27,28)22(23,24)25)30-18-9-5-8-17(11-18)29-14-16-6-3-2-4-7-16/h2-13H,14H2,1H3. The summed E-state index contributed by atoms with van der Waals surface area (Å²) in [6, 6.07) is 18.2. The Labute approximate surface area is 182 Å². The molecule has 0 saturated carbocycles. The summed E-state index contributed by atoms with van der Waals surface area (Å²) in [6.07, 6.45) is 0.207. The first kappa shape index (κ1) is 23.1. The van der Waals surface area contributed by atoms with E-state index in [-0.39, 0.29) is 28.9 Å². The van der Waals surface area contributed by atoms with E-state index in [2.05, 4.69) is 4.18 Å². The Bertz CT molecular complexity index is 1210. The van der Waals surface area contributed by atoms with Gasteiger partial charge in [-0.15, -0.1) is 0 Å². The van der Waals surface area contributed by atoms with E-state index in [1.165, 1.54) is 13.0 Å². The third-order valence-corrected chi connectivity index (χ3v) is 5.18. The lowest BCUT2D eigenvalue weighted by Crippen LogP contribution is -2.28. The van der Waals surface area contributed by atoms with Crippen LogP contribution in [0.2, 0.25) is 0 Å². The Hall–Kier alpha value is -3.53. The molecule has 0 aliphatic heterocycles. The summed E-state index contributed by atoms with van der Waals surface area (Å²) in [5.41, 5.74) is -4.87. The molecule has 6 nitrogen and oxygen atoms in total. The average molecular weight is 466 g/mol. The molecule has 0 bridgehead atoms. The zero-order chi connectivity index (χ0) is 23.4. The second-order valence-electron chi connectivity index (χ2n) is 6.60. The smallest absolute Gasteiger partial charge is 0.489 e. The topological polar surface area (TPSA) is 78.9 Å². The van der Waals surface area contributed by atoms with E-state index in [0.717, 1.165) is 11.6 Å². The highest BCUT2D eigenvalue weighted by molar-refractivity contribution is 7.88. The van der Waals surface area contributed by atoms with Crippen LogP contribution in [0.3, 0.4) is 0 Å². The second kappa shape index (κ2) is 9.31. The van der Waals surface area contributed by atoms with E-state index in [1.807, 2.05) is 30.3 Å². The Balaban J connectivity index is 1.83. The predicted octanol–water partition coefficient (Wildman–Crippen LogP) is 5.41. The molecule has 0 spiro atoms. The van der Waals surface area contributed by atoms with Gasteiger partial charge in [-0.1, -0.05) is 36.4 Å². The molecule has 0 aromatic heterocycles. The largest absolute Gasteiger partial charge is 0.534 e. The van der Waals surface area contributed by atoms with Crippen molar-refractivity contribution >= 4 is 16.4 Å². The van der Waals surface area contributed by atoms with Crippen LogP contribution >= 0.6 is 0 Å². The number of hydrogen-bond donors (Lipinski definition) is 0. The monoisotopic (exact) mass is 466 g/mol. The Morgan fingerprint density at radius 3 is 2.25 bits per heavy atom. The quantitative estimate of drug-likeness (QED) is 0.251. The van der Waals surface area contributed by atoms with Crippen LogP contribution in [-0.2, 0) is 16.7 Å². The van der Waals surface area contributed by atoms with E-state index < -0.39 is 21.4 Å². The molecule has 0 unspecified atom stereocenters. The number of carbonyl (C=O) groups excluding carboxylic acids is 1. The maximum atomic E-state index is 12.7. The highest BCUT2D eigenvalue weighted by Crippen LogP contribution is 2.35. The Morgan fingerprint density at radius 2 is 1.59 bits per heavy atom. The minimum Gasteiger partial charge on any atom is -0.489 e.